The summed E-state index contributed by atoms with van der Waals surface area (Å²) >= 11 is 6.07. The van der Waals surface area contributed by atoms with Gasteiger partial charge in [0, 0.05) is 6.04 Å². The van der Waals surface area contributed by atoms with Crippen molar-refractivity contribution in [2.75, 3.05) is 0 Å². The number of rotatable bonds is 5. The molecule has 2 atom stereocenters. The van der Waals surface area contributed by atoms with Gasteiger partial charge in [0.25, 0.3) is 5.91 Å². The molecule has 0 aliphatic heterocycles. The second-order valence-corrected chi connectivity index (χ2v) is 5.32. The van der Waals surface area contributed by atoms with E-state index in [4.69, 9.17) is 16.3 Å². The van der Waals surface area contributed by atoms with Gasteiger partial charge in [0.05, 0.1) is 11.1 Å². The summed E-state index contributed by atoms with van der Waals surface area (Å²) < 4.78 is 5.54. The van der Waals surface area contributed by atoms with Gasteiger partial charge in [0.2, 0.25) is 0 Å². The molecule has 0 aromatic heterocycles. The lowest BCUT2D eigenvalue weighted by Crippen LogP contribution is -2.37. The second-order valence-electron chi connectivity index (χ2n) is 4.91. The average Bonchev–Trinajstić information content (AvgIpc) is 3.15. The average molecular weight is 284 g/mol. The Labute approximate surface area is 117 Å². The highest BCUT2D eigenvalue weighted by Gasteiger charge is 2.26. The largest absolute Gasteiger partial charge is 0.479 e. The number of aliphatic hydroxyl groups excluding tert-OH is 1. The molecule has 1 aromatic rings. The predicted octanol–water partition coefficient (Wildman–Crippen LogP) is 2.44. The van der Waals surface area contributed by atoms with Crippen molar-refractivity contribution >= 4 is 17.5 Å². The zero-order valence-corrected chi connectivity index (χ0v) is 11.8. The van der Waals surface area contributed by atoms with Crippen molar-refractivity contribution in [1.29, 1.82) is 0 Å². The molecule has 1 aliphatic rings. The monoisotopic (exact) mass is 283 g/mol. The fourth-order valence-electron chi connectivity index (χ4n) is 1.66. The zero-order chi connectivity index (χ0) is 14.0. The SMILES string of the molecule is CC(Oc1ccc([C@H](C)O)cc1Cl)C(=O)NC1CC1. The summed E-state index contributed by atoms with van der Waals surface area (Å²) in [5, 5.41) is 12.7. The van der Waals surface area contributed by atoms with Crippen LogP contribution in [-0.2, 0) is 4.79 Å². The second kappa shape index (κ2) is 5.80. The Bertz CT molecular complexity index is 472. The van der Waals surface area contributed by atoms with E-state index in [1.165, 1.54) is 0 Å². The van der Waals surface area contributed by atoms with Crippen LogP contribution in [0.1, 0.15) is 38.4 Å². The van der Waals surface area contributed by atoms with Crippen LogP contribution >= 0.6 is 11.6 Å². The third-order valence-corrected chi connectivity index (χ3v) is 3.33. The van der Waals surface area contributed by atoms with Crippen molar-refractivity contribution in [3.8, 4) is 5.75 Å². The molecule has 0 radical (unpaired) electrons. The molecule has 104 valence electrons. The van der Waals surface area contributed by atoms with E-state index in [-0.39, 0.29) is 5.91 Å². The number of carbonyl (C=O) groups is 1. The quantitative estimate of drug-likeness (QED) is 0.873. The minimum Gasteiger partial charge on any atom is -0.479 e. The number of ether oxygens (including phenoxy) is 1. The highest BCUT2D eigenvalue weighted by atomic mass is 35.5. The summed E-state index contributed by atoms with van der Waals surface area (Å²) in [6, 6.07) is 5.36. The van der Waals surface area contributed by atoms with Gasteiger partial charge < -0.3 is 15.2 Å². The minimum atomic E-state index is -0.588. The third kappa shape index (κ3) is 3.85. The summed E-state index contributed by atoms with van der Waals surface area (Å²) in [5.41, 5.74) is 0.715. The van der Waals surface area contributed by atoms with Gasteiger partial charge in [-0.2, -0.15) is 0 Å². The number of amides is 1. The number of halogens is 1. The van der Waals surface area contributed by atoms with Gasteiger partial charge in [-0.15, -0.1) is 0 Å². The number of benzene rings is 1. The first-order valence-electron chi connectivity index (χ1n) is 6.42. The van der Waals surface area contributed by atoms with Crippen LogP contribution < -0.4 is 10.1 Å². The third-order valence-electron chi connectivity index (χ3n) is 3.04. The van der Waals surface area contributed by atoms with Gasteiger partial charge in [-0.1, -0.05) is 17.7 Å². The van der Waals surface area contributed by atoms with Crippen LogP contribution in [0.5, 0.6) is 5.75 Å². The van der Waals surface area contributed by atoms with E-state index in [1.807, 2.05) is 0 Å². The maximum atomic E-state index is 11.8. The number of hydrogen-bond acceptors (Lipinski definition) is 3. The Hall–Kier alpha value is -1.26. The molecule has 5 heteroatoms. The van der Waals surface area contributed by atoms with E-state index in [0.29, 0.717) is 22.4 Å². The Kier molecular flexibility index (Phi) is 4.32. The summed E-state index contributed by atoms with van der Waals surface area (Å²) in [4.78, 5) is 11.8. The molecule has 1 aliphatic carbocycles. The lowest BCUT2D eigenvalue weighted by molar-refractivity contribution is -0.127. The van der Waals surface area contributed by atoms with E-state index in [1.54, 1.807) is 32.0 Å². The summed E-state index contributed by atoms with van der Waals surface area (Å²) in [7, 11) is 0. The van der Waals surface area contributed by atoms with Gasteiger partial charge in [-0.05, 0) is 44.4 Å². The van der Waals surface area contributed by atoms with Crippen LogP contribution in [-0.4, -0.2) is 23.2 Å². The maximum Gasteiger partial charge on any atom is 0.260 e. The summed E-state index contributed by atoms with van der Waals surface area (Å²) in [6.45, 7) is 3.36. The molecule has 2 rings (SSSR count). The Morgan fingerprint density at radius 1 is 1.47 bits per heavy atom. The smallest absolute Gasteiger partial charge is 0.260 e. The zero-order valence-electron chi connectivity index (χ0n) is 11.0. The Morgan fingerprint density at radius 3 is 2.68 bits per heavy atom. The highest BCUT2D eigenvalue weighted by molar-refractivity contribution is 6.32. The molecular formula is C14H18ClNO3. The number of carbonyl (C=O) groups excluding carboxylic acids is 1. The summed E-state index contributed by atoms with van der Waals surface area (Å²) in [5.74, 6) is 0.322. The highest BCUT2D eigenvalue weighted by Crippen LogP contribution is 2.29. The number of hydrogen-bond donors (Lipinski definition) is 2. The molecule has 0 saturated heterocycles. The van der Waals surface area contributed by atoms with Crippen molar-refractivity contribution < 1.29 is 14.6 Å². The van der Waals surface area contributed by atoms with E-state index < -0.39 is 12.2 Å². The van der Waals surface area contributed by atoms with Crippen LogP contribution in [0.25, 0.3) is 0 Å². The molecule has 1 fully saturated rings. The molecule has 1 saturated carbocycles. The van der Waals surface area contributed by atoms with Crippen molar-refractivity contribution in [1.82, 2.24) is 5.32 Å². The van der Waals surface area contributed by atoms with Gasteiger partial charge in [-0.25, -0.2) is 0 Å². The number of nitrogens with one attached hydrogen (secondary N) is 1. The number of aliphatic hydroxyl groups is 1. The van der Waals surface area contributed by atoms with Crippen molar-refractivity contribution in [2.45, 2.75) is 44.9 Å². The topological polar surface area (TPSA) is 58.6 Å². The summed E-state index contributed by atoms with van der Waals surface area (Å²) in [6.07, 6.45) is 0.919. The van der Waals surface area contributed by atoms with Crippen LogP contribution in [0, 0.1) is 0 Å². The first-order chi connectivity index (χ1) is 8.97. The maximum absolute atomic E-state index is 11.8. The first kappa shape index (κ1) is 14.2. The van der Waals surface area contributed by atoms with Gasteiger partial charge in [0.15, 0.2) is 6.10 Å². The lowest BCUT2D eigenvalue weighted by Gasteiger charge is -2.16. The predicted molar refractivity (Wildman–Crippen MR) is 73.3 cm³/mol. The van der Waals surface area contributed by atoms with Crippen LogP contribution in [0.3, 0.4) is 0 Å². The van der Waals surface area contributed by atoms with Crippen molar-refractivity contribution in [3.63, 3.8) is 0 Å². The van der Waals surface area contributed by atoms with E-state index in [0.717, 1.165) is 12.8 Å². The Morgan fingerprint density at radius 2 is 2.16 bits per heavy atom. The molecule has 1 unspecified atom stereocenters. The van der Waals surface area contributed by atoms with E-state index in [2.05, 4.69) is 5.32 Å². The molecule has 0 heterocycles. The lowest BCUT2D eigenvalue weighted by atomic mass is 10.1. The van der Waals surface area contributed by atoms with Crippen LogP contribution in [0.15, 0.2) is 18.2 Å². The van der Waals surface area contributed by atoms with Gasteiger partial charge in [0.1, 0.15) is 5.75 Å². The fraction of sp³-hybridized carbons (Fsp3) is 0.500. The normalized spacial score (nSPS) is 17.7. The Balaban J connectivity index is 1.99. The molecule has 2 N–H and O–H groups in total. The van der Waals surface area contributed by atoms with Gasteiger partial charge in [-0.3, -0.25) is 4.79 Å². The molecule has 1 amide bonds. The molecule has 19 heavy (non-hydrogen) atoms. The van der Waals surface area contributed by atoms with Crippen LogP contribution in [0.2, 0.25) is 5.02 Å². The van der Waals surface area contributed by atoms with E-state index >= 15 is 0 Å². The molecular weight excluding hydrogens is 266 g/mol. The van der Waals surface area contributed by atoms with Gasteiger partial charge >= 0.3 is 0 Å². The molecule has 4 nitrogen and oxygen atoms in total. The first-order valence-corrected chi connectivity index (χ1v) is 6.79. The molecule has 1 aromatic carbocycles. The van der Waals surface area contributed by atoms with Crippen molar-refractivity contribution in [2.24, 2.45) is 0 Å². The molecule has 0 spiro atoms. The van der Waals surface area contributed by atoms with Crippen molar-refractivity contribution in [3.05, 3.63) is 28.8 Å². The molecule has 0 bridgehead atoms. The minimum absolute atomic E-state index is 0.127. The fourth-order valence-corrected chi connectivity index (χ4v) is 1.90. The van der Waals surface area contributed by atoms with Crippen LogP contribution in [0.4, 0.5) is 0 Å². The standard InChI is InChI=1S/C14H18ClNO3/c1-8(17)10-3-6-13(12(15)7-10)19-9(2)14(18)16-11-4-5-11/h3,6-9,11,17H,4-5H2,1-2H3,(H,16,18)/t8-,9?/m0/s1. The van der Waals surface area contributed by atoms with E-state index in [9.17, 15) is 9.90 Å².